The summed E-state index contributed by atoms with van der Waals surface area (Å²) in [5, 5.41) is 11.8. The normalized spacial score (nSPS) is 19.5. The zero-order valence-corrected chi connectivity index (χ0v) is 11.2. The summed E-state index contributed by atoms with van der Waals surface area (Å²) < 4.78 is 0. The first kappa shape index (κ1) is 14.3. The van der Waals surface area contributed by atoms with Crippen LogP contribution in [0.3, 0.4) is 0 Å². The number of nitrogens with zero attached hydrogens (tertiary/aromatic N) is 1. The fraction of sp³-hybridized carbons (Fsp3) is 0.429. The lowest BCUT2D eigenvalue weighted by Gasteiger charge is -2.29. The summed E-state index contributed by atoms with van der Waals surface area (Å²) in [6, 6.07) is 6.97. The molecule has 0 aliphatic carbocycles. The predicted octanol–water partition coefficient (Wildman–Crippen LogP) is 1.00. The third-order valence-corrected chi connectivity index (χ3v) is 3.39. The van der Waals surface area contributed by atoms with E-state index in [1.807, 2.05) is 4.90 Å². The molecule has 0 spiro atoms. The van der Waals surface area contributed by atoms with E-state index in [0.717, 1.165) is 13.0 Å². The van der Waals surface area contributed by atoms with Crippen molar-refractivity contribution in [3.05, 3.63) is 24.3 Å². The summed E-state index contributed by atoms with van der Waals surface area (Å²) >= 11 is 0. The van der Waals surface area contributed by atoms with Gasteiger partial charge in [0.05, 0.1) is 12.5 Å². The van der Waals surface area contributed by atoms with Gasteiger partial charge in [-0.2, -0.15) is 0 Å². The first-order chi connectivity index (χ1) is 9.54. The van der Waals surface area contributed by atoms with Crippen LogP contribution in [-0.2, 0) is 9.59 Å². The smallest absolute Gasteiger partial charge is 0.307 e. The van der Waals surface area contributed by atoms with Crippen LogP contribution in [0.5, 0.6) is 0 Å². The maximum atomic E-state index is 11.9. The molecule has 1 aromatic carbocycles. The standard InChI is InChI=1S/C14H19N3O3/c15-11-4-1-5-12(7-11)16-13(18)9-17-6-2-3-10(8-17)14(19)20/h1,4-5,7,10H,2-3,6,8-9,15H2,(H,16,18)(H,19,20). The molecule has 0 radical (unpaired) electrons. The number of nitrogens with one attached hydrogen (secondary N) is 1. The van der Waals surface area contributed by atoms with Crippen molar-refractivity contribution in [1.29, 1.82) is 0 Å². The molecule has 1 atom stereocenters. The second-order valence-electron chi connectivity index (χ2n) is 5.09. The van der Waals surface area contributed by atoms with Crippen molar-refractivity contribution in [2.45, 2.75) is 12.8 Å². The Labute approximate surface area is 117 Å². The Hall–Kier alpha value is -2.08. The minimum Gasteiger partial charge on any atom is -0.481 e. The number of benzene rings is 1. The van der Waals surface area contributed by atoms with Gasteiger partial charge in [-0.05, 0) is 37.6 Å². The summed E-state index contributed by atoms with van der Waals surface area (Å²) in [6.45, 7) is 1.40. The zero-order valence-electron chi connectivity index (χ0n) is 11.2. The Morgan fingerprint density at radius 2 is 2.25 bits per heavy atom. The fourth-order valence-electron chi connectivity index (χ4n) is 2.42. The number of likely N-dealkylation sites (tertiary alicyclic amines) is 1. The molecule has 1 aromatic rings. The number of anilines is 2. The Bertz CT molecular complexity index is 504. The largest absolute Gasteiger partial charge is 0.481 e. The molecule has 1 aliphatic heterocycles. The van der Waals surface area contributed by atoms with E-state index in [-0.39, 0.29) is 18.4 Å². The molecular weight excluding hydrogens is 258 g/mol. The molecule has 0 aromatic heterocycles. The van der Waals surface area contributed by atoms with Crippen molar-refractivity contribution in [1.82, 2.24) is 4.90 Å². The van der Waals surface area contributed by atoms with Gasteiger partial charge in [0.15, 0.2) is 0 Å². The highest BCUT2D eigenvalue weighted by Gasteiger charge is 2.26. The Kier molecular flexibility index (Phi) is 4.57. The number of carboxylic acids is 1. The third kappa shape index (κ3) is 3.96. The van der Waals surface area contributed by atoms with E-state index in [2.05, 4.69) is 5.32 Å². The number of hydrogen-bond acceptors (Lipinski definition) is 4. The van der Waals surface area contributed by atoms with Gasteiger partial charge in [-0.25, -0.2) is 0 Å². The van der Waals surface area contributed by atoms with Gasteiger partial charge in [-0.3, -0.25) is 14.5 Å². The molecule has 1 unspecified atom stereocenters. The molecule has 4 N–H and O–H groups in total. The summed E-state index contributed by atoms with van der Waals surface area (Å²) in [6.07, 6.45) is 1.49. The molecule has 1 fully saturated rings. The SMILES string of the molecule is Nc1cccc(NC(=O)CN2CCCC(C(=O)O)C2)c1. The van der Waals surface area contributed by atoms with E-state index in [4.69, 9.17) is 10.8 Å². The van der Waals surface area contributed by atoms with Crippen LogP contribution in [-0.4, -0.2) is 41.5 Å². The number of carbonyl (C=O) groups excluding carboxylic acids is 1. The molecular formula is C14H19N3O3. The zero-order chi connectivity index (χ0) is 14.5. The van der Waals surface area contributed by atoms with Gasteiger partial charge < -0.3 is 16.2 Å². The first-order valence-corrected chi connectivity index (χ1v) is 6.65. The van der Waals surface area contributed by atoms with E-state index in [1.54, 1.807) is 24.3 Å². The van der Waals surface area contributed by atoms with Crippen molar-refractivity contribution in [2.24, 2.45) is 5.92 Å². The molecule has 6 nitrogen and oxygen atoms in total. The lowest BCUT2D eigenvalue weighted by Crippen LogP contribution is -2.42. The van der Waals surface area contributed by atoms with Crippen LogP contribution in [0.1, 0.15) is 12.8 Å². The van der Waals surface area contributed by atoms with Gasteiger partial charge in [0, 0.05) is 17.9 Å². The maximum Gasteiger partial charge on any atom is 0.307 e. The highest BCUT2D eigenvalue weighted by atomic mass is 16.4. The average Bonchev–Trinajstić information content (AvgIpc) is 2.38. The molecule has 108 valence electrons. The molecule has 1 aliphatic rings. The van der Waals surface area contributed by atoms with Crippen molar-refractivity contribution >= 4 is 23.3 Å². The van der Waals surface area contributed by atoms with Crippen molar-refractivity contribution in [2.75, 3.05) is 30.7 Å². The number of piperidine rings is 1. The minimum atomic E-state index is -0.786. The van der Waals surface area contributed by atoms with Crippen LogP contribution in [0.25, 0.3) is 0 Å². The van der Waals surface area contributed by atoms with Gasteiger partial charge >= 0.3 is 5.97 Å². The van der Waals surface area contributed by atoms with Crippen LogP contribution < -0.4 is 11.1 Å². The van der Waals surface area contributed by atoms with Crippen LogP contribution in [0.2, 0.25) is 0 Å². The second kappa shape index (κ2) is 6.38. The average molecular weight is 277 g/mol. The minimum absolute atomic E-state index is 0.151. The van der Waals surface area contributed by atoms with Crippen molar-refractivity contribution < 1.29 is 14.7 Å². The van der Waals surface area contributed by atoms with Gasteiger partial charge in [0.25, 0.3) is 0 Å². The molecule has 1 amide bonds. The number of carboxylic acid groups (broad SMARTS) is 1. The van der Waals surface area contributed by atoms with Crippen LogP contribution in [0.4, 0.5) is 11.4 Å². The molecule has 1 heterocycles. The molecule has 0 bridgehead atoms. The number of rotatable bonds is 4. The van der Waals surface area contributed by atoms with Gasteiger partial charge in [0.1, 0.15) is 0 Å². The van der Waals surface area contributed by atoms with E-state index < -0.39 is 5.97 Å². The van der Waals surface area contributed by atoms with Gasteiger partial charge in [0.2, 0.25) is 5.91 Å². The van der Waals surface area contributed by atoms with Crippen molar-refractivity contribution in [3.8, 4) is 0 Å². The number of nitrogens with two attached hydrogens (primary N) is 1. The highest BCUT2D eigenvalue weighted by molar-refractivity contribution is 5.92. The predicted molar refractivity (Wildman–Crippen MR) is 76.3 cm³/mol. The quantitative estimate of drug-likeness (QED) is 0.714. The number of amides is 1. The van der Waals surface area contributed by atoms with Crippen LogP contribution in [0.15, 0.2) is 24.3 Å². The number of nitrogen functional groups attached to an aromatic ring is 1. The summed E-state index contributed by atoms with van der Waals surface area (Å²) in [5.41, 5.74) is 6.89. The maximum absolute atomic E-state index is 11.9. The lowest BCUT2D eigenvalue weighted by molar-refractivity contribution is -0.144. The topological polar surface area (TPSA) is 95.7 Å². The highest BCUT2D eigenvalue weighted by Crippen LogP contribution is 2.17. The molecule has 6 heteroatoms. The molecule has 2 rings (SSSR count). The molecule has 0 saturated carbocycles. The van der Waals surface area contributed by atoms with Gasteiger partial charge in [-0.15, -0.1) is 0 Å². The third-order valence-electron chi connectivity index (χ3n) is 3.39. The van der Waals surface area contributed by atoms with Crippen molar-refractivity contribution in [3.63, 3.8) is 0 Å². The summed E-state index contributed by atoms with van der Waals surface area (Å²) in [7, 11) is 0. The van der Waals surface area contributed by atoms with Crippen LogP contribution >= 0.6 is 0 Å². The molecule has 20 heavy (non-hydrogen) atoms. The monoisotopic (exact) mass is 277 g/mol. The van der Waals surface area contributed by atoms with Gasteiger partial charge in [-0.1, -0.05) is 6.07 Å². The Balaban J connectivity index is 1.86. The van der Waals surface area contributed by atoms with E-state index >= 15 is 0 Å². The number of hydrogen-bond donors (Lipinski definition) is 3. The van der Waals surface area contributed by atoms with E-state index in [0.29, 0.717) is 24.3 Å². The summed E-state index contributed by atoms with van der Waals surface area (Å²) in [5.74, 6) is -1.31. The first-order valence-electron chi connectivity index (χ1n) is 6.65. The fourth-order valence-corrected chi connectivity index (χ4v) is 2.42. The lowest BCUT2D eigenvalue weighted by atomic mass is 9.98. The van der Waals surface area contributed by atoms with E-state index in [9.17, 15) is 9.59 Å². The van der Waals surface area contributed by atoms with E-state index in [1.165, 1.54) is 0 Å². The van der Waals surface area contributed by atoms with Crippen LogP contribution in [0, 0.1) is 5.92 Å². The Morgan fingerprint density at radius 3 is 2.95 bits per heavy atom. The second-order valence-corrected chi connectivity index (χ2v) is 5.09. The summed E-state index contributed by atoms with van der Waals surface area (Å²) in [4.78, 5) is 24.8. The molecule has 1 saturated heterocycles. The Morgan fingerprint density at radius 1 is 1.45 bits per heavy atom. The number of carbonyl (C=O) groups is 2. The number of aliphatic carboxylic acids is 1.